The first-order chi connectivity index (χ1) is 8.86. The van der Waals surface area contributed by atoms with E-state index in [-0.39, 0.29) is 0 Å². The molecule has 3 aliphatic rings. The lowest BCUT2D eigenvalue weighted by atomic mass is 9.90. The fraction of sp³-hybridized carbons (Fsp3) is 0.600. The molecular weight excluding hydrogens is 226 g/mol. The maximum atomic E-state index is 5.95. The van der Waals surface area contributed by atoms with Crippen LogP contribution in [-0.4, -0.2) is 19.8 Å². The van der Waals surface area contributed by atoms with Crippen molar-refractivity contribution in [2.75, 3.05) is 19.8 Å². The predicted molar refractivity (Wildman–Crippen MR) is 69.6 cm³/mol. The molecule has 0 amide bonds. The van der Waals surface area contributed by atoms with Crippen molar-refractivity contribution in [2.45, 2.75) is 38.6 Å². The minimum absolute atomic E-state index is 0.480. The van der Waals surface area contributed by atoms with E-state index in [0.29, 0.717) is 6.04 Å². The Hall–Kier alpha value is -1.22. The number of hydrogen-bond donors (Lipinski definition) is 1. The molecule has 3 heteroatoms. The Balaban J connectivity index is 1.95. The van der Waals surface area contributed by atoms with E-state index in [1.54, 1.807) is 0 Å². The summed E-state index contributed by atoms with van der Waals surface area (Å²) in [7, 11) is 0. The largest absolute Gasteiger partial charge is 0.493 e. The highest BCUT2D eigenvalue weighted by atomic mass is 16.5. The molecule has 0 saturated carbocycles. The van der Waals surface area contributed by atoms with Crippen molar-refractivity contribution in [1.82, 2.24) is 5.32 Å². The number of benzene rings is 1. The fourth-order valence-corrected chi connectivity index (χ4v) is 3.67. The lowest BCUT2D eigenvalue weighted by molar-refractivity contribution is 0.349. The van der Waals surface area contributed by atoms with Crippen LogP contribution in [0, 0.1) is 6.92 Å². The van der Waals surface area contributed by atoms with E-state index >= 15 is 0 Å². The molecule has 1 saturated heterocycles. The van der Waals surface area contributed by atoms with Crippen LogP contribution in [0.5, 0.6) is 11.5 Å². The van der Waals surface area contributed by atoms with Crippen LogP contribution in [0.25, 0.3) is 0 Å². The fourth-order valence-electron chi connectivity index (χ4n) is 3.67. The van der Waals surface area contributed by atoms with Crippen LogP contribution in [0.1, 0.15) is 41.1 Å². The average molecular weight is 245 g/mol. The smallest absolute Gasteiger partial charge is 0.128 e. The first kappa shape index (κ1) is 10.7. The number of nitrogens with one attached hydrogen (secondary N) is 1. The van der Waals surface area contributed by atoms with Gasteiger partial charge in [-0.15, -0.1) is 0 Å². The van der Waals surface area contributed by atoms with Gasteiger partial charge in [-0.25, -0.2) is 0 Å². The molecule has 0 bridgehead atoms. The van der Waals surface area contributed by atoms with Crippen LogP contribution < -0.4 is 14.8 Å². The predicted octanol–water partition coefficient (Wildman–Crippen LogP) is 2.29. The normalized spacial score (nSPS) is 24.6. The zero-order valence-corrected chi connectivity index (χ0v) is 10.8. The van der Waals surface area contributed by atoms with Crippen molar-refractivity contribution in [3.8, 4) is 11.5 Å². The zero-order valence-electron chi connectivity index (χ0n) is 10.8. The summed E-state index contributed by atoms with van der Waals surface area (Å²) in [6.07, 6.45) is 4.58. The van der Waals surface area contributed by atoms with E-state index in [4.69, 9.17) is 9.47 Å². The SMILES string of the molecule is Cc1c2c(c(C3CCCN3)c3c1OCC3)OCC2. The van der Waals surface area contributed by atoms with Gasteiger partial charge in [0.15, 0.2) is 0 Å². The van der Waals surface area contributed by atoms with Gasteiger partial charge in [-0.3, -0.25) is 0 Å². The molecule has 18 heavy (non-hydrogen) atoms. The second-order valence-electron chi connectivity index (χ2n) is 5.50. The molecule has 3 heterocycles. The molecule has 1 fully saturated rings. The van der Waals surface area contributed by atoms with Crippen molar-refractivity contribution in [3.63, 3.8) is 0 Å². The Labute approximate surface area is 107 Å². The number of hydrogen-bond acceptors (Lipinski definition) is 3. The molecule has 0 spiro atoms. The molecule has 1 atom stereocenters. The lowest BCUT2D eigenvalue weighted by Crippen LogP contribution is -2.15. The summed E-state index contributed by atoms with van der Waals surface area (Å²) in [6.45, 7) is 4.98. The summed E-state index contributed by atoms with van der Waals surface area (Å²) in [5, 5.41) is 3.62. The standard InChI is InChI=1S/C15H19NO2/c1-9-10-4-7-18-15(10)13(12-3-2-6-16-12)11-5-8-17-14(9)11/h12,16H,2-8H2,1H3. The van der Waals surface area contributed by atoms with Gasteiger partial charge in [-0.2, -0.15) is 0 Å². The average Bonchev–Trinajstić information content (AvgIpc) is 3.11. The van der Waals surface area contributed by atoms with Gasteiger partial charge in [0.25, 0.3) is 0 Å². The molecular formula is C15H19NO2. The molecule has 0 aromatic heterocycles. The van der Waals surface area contributed by atoms with Crippen molar-refractivity contribution in [2.24, 2.45) is 0 Å². The van der Waals surface area contributed by atoms with Crippen molar-refractivity contribution >= 4 is 0 Å². The summed E-state index contributed by atoms with van der Waals surface area (Å²) >= 11 is 0. The lowest BCUT2D eigenvalue weighted by Gasteiger charge is -2.20. The van der Waals surface area contributed by atoms with E-state index in [2.05, 4.69) is 12.2 Å². The molecule has 0 radical (unpaired) electrons. The van der Waals surface area contributed by atoms with E-state index in [1.807, 2.05) is 0 Å². The van der Waals surface area contributed by atoms with Crippen molar-refractivity contribution < 1.29 is 9.47 Å². The van der Waals surface area contributed by atoms with Crippen molar-refractivity contribution in [1.29, 1.82) is 0 Å². The van der Waals surface area contributed by atoms with Gasteiger partial charge >= 0.3 is 0 Å². The third-order valence-corrected chi connectivity index (χ3v) is 4.52. The summed E-state index contributed by atoms with van der Waals surface area (Å²) in [4.78, 5) is 0. The van der Waals surface area contributed by atoms with Crippen LogP contribution in [0.2, 0.25) is 0 Å². The highest BCUT2D eigenvalue weighted by molar-refractivity contribution is 5.62. The van der Waals surface area contributed by atoms with E-state index in [0.717, 1.165) is 38.3 Å². The quantitative estimate of drug-likeness (QED) is 0.823. The number of fused-ring (bicyclic) bond motifs is 2. The van der Waals surface area contributed by atoms with Crippen LogP contribution >= 0.6 is 0 Å². The molecule has 3 aliphatic heterocycles. The third-order valence-electron chi connectivity index (χ3n) is 4.52. The zero-order chi connectivity index (χ0) is 12.1. The van der Waals surface area contributed by atoms with Crippen LogP contribution in [0.4, 0.5) is 0 Å². The molecule has 4 rings (SSSR count). The van der Waals surface area contributed by atoms with Crippen LogP contribution in [0.3, 0.4) is 0 Å². The molecule has 3 nitrogen and oxygen atoms in total. The maximum absolute atomic E-state index is 5.95. The van der Waals surface area contributed by atoms with E-state index in [9.17, 15) is 0 Å². The van der Waals surface area contributed by atoms with E-state index in [1.165, 1.54) is 40.8 Å². The second kappa shape index (κ2) is 3.89. The summed E-state index contributed by atoms with van der Waals surface area (Å²) in [5.41, 5.74) is 5.53. The van der Waals surface area contributed by atoms with Crippen molar-refractivity contribution in [3.05, 3.63) is 22.3 Å². The first-order valence-electron chi connectivity index (χ1n) is 7.03. The molecule has 96 valence electrons. The summed E-state index contributed by atoms with van der Waals surface area (Å²) in [5.74, 6) is 2.33. The monoisotopic (exact) mass is 245 g/mol. The highest BCUT2D eigenvalue weighted by Gasteiger charge is 2.33. The summed E-state index contributed by atoms with van der Waals surface area (Å²) in [6, 6.07) is 0.480. The molecule has 0 aliphatic carbocycles. The topological polar surface area (TPSA) is 30.5 Å². The van der Waals surface area contributed by atoms with Gasteiger partial charge in [0, 0.05) is 35.6 Å². The third kappa shape index (κ3) is 1.34. The van der Waals surface area contributed by atoms with Gasteiger partial charge in [0.05, 0.1) is 13.2 Å². The molecule has 1 N–H and O–H groups in total. The molecule has 1 aromatic carbocycles. The molecule has 1 aromatic rings. The Morgan fingerprint density at radius 1 is 1.06 bits per heavy atom. The Bertz CT molecular complexity index is 469. The van der Waals surface area contributed by atoms with Gasteiger partial charge in [0.1, 0.15) is 11.5 Å². The summed E-state index contributed by atoms with van der Waals surface area (Å²) < 4.78 is 11.8. The van der Waals surface area contributed by atoms with E-state index < -0.39 is 0 Å². The molecule has 1 unspecified atom stereocenters. The maximum Gasteiger partial charge on any atom is 0.128 e. The Morgan fingerprint density at radius 3 is 2.61 bits per heavy atom. The Morgan fingerprint density at radius 2 is 1.83 bits per heavy atom. The second-order valence-corrected chi connectivity index (χ2v) is 5.50. The highest BCUT2D eigenvalue weighted by Crippen LogP contribution is 2.47. The minimum Gasteiger partial charge on any atom is -0.493 e. The van der Waals surface area contributed by atoms with Gasteiger partial charge in [-0.1, -0.05) is 0 Å². The Kier molecular flexibility index (Phi) is 2.31. The first-order valence-corrected chi connectivity index (χ1v) is 7.03. The minimum atomic E-state index is 0.480. The number of rotatable bonds is 1. The van der Waals surface area contributed by atoms with Crippen LogP contribution in [-0.2, 0) is 12.8 Å². The van der Waals surface area contributed by atoms with Crippen LogP contribution in [0.15, 0.2) is 0 Å². The van der Waals surface area contributed by atoms with Gasteiger partial charge < -0.3 is 14.8 Å². The van der Waals surface area contributed by atoms with Gasteiger partial charge in [-0.05, 0) is 31.9 Å². The van der Waals surface area contributed by atoms with Gasteiger partial charge in [0.2, 0.25) is 0 Å². The number of ether oxygens (including phenoxy) is 2.